The van der Waals surface area contributed by atoms with E-state index < -0.39 is 0 Å². The van der Waals surface area contributed by atoms with Crippen molar-refractivity contribution in [2.45, 2.75) is 32.8 Å². The zero-order chi connectivity index (χ0) is 12.3. The molecular weight excluding hydrogens is 212 g/mol. The van der Waals surface area contributed by atoms with Gasteiger partial charge in [0.2, 0.25) is 0 Å². The van der Waals surface area contributed by atoms with E-state index in [2.05, 4.69) is 18.3 Å². The van der Waals surface area contributed by atoms with Gasteiger partial charge in [-0.3, -0.25) is 0 Å². The Hall–Kier alpha value is -1.22. The summed E-state index contributed by atoms with van der Waals surface area (Å²) >= 11 is 0. The first kappa shape index (κ1) is 12.2. The van der Waals surface area contributed by atoms with Crippen LogP contribution in [0.4, 0.5) is 11.4 Å². The second-order valence-electron chi connectivity index (χ2n) is 4.82. The number of rotatable bonds is 4. The minimum absolute atomic E-state index is 0.428. The summed E-state index contributed by atoms with van der Waals surface area (Å²) in [5.41, 5.74) is 8.94. The van der Waals surface area contributed by atoms with Crippen molar-refractivity contribution in [1.29, 1.82) is 0 Å². The van der Waals surface area contributed by atoms with Gasteiger partial charge in [0.05, 0.1) is 6.10 Å². The molecule has 94 valence electrons. The molecule has 0 aromatic heterocycles. The molecule has 3 nitrogen and oxygen atoms in total. The highest BCUT2D eigenvalue weighted by Crippen LogP contribution is 2.24. The highest BCUT2D eigenvalue weighted by atomic mass is 16.5. The number of ether oxygens (including phenoxy) is 1. The van der Waals surface area contributed by atoms with Gasteiger partial charge in [-0.15, -0.1) is 0 Å². The number of nitrogen functional groups attached to an aromatic ring is 1. The monoisotopic (exact) mass is 234 g/mol. The summed E-state index contributed by atoms with van der Waals surface area (Å²) in [6.07, 6.45) is 2.70. The van der Waals surface area contributed by atoms with Crippen molar-refractivity contribution in [3.63, 3.8) is 0 Å². The third-order valence-corrected chi connectivity index (χ3v) is 3.59. The Labute approximate surface area is 103 Å². The molecule has 17 heavy (non-hydrogen) atoms. The molecule has 2 rings (SSSR count). The Kier molecular flexibility index (Phi) is 3.89. The van der Waals surface area contributed by atoms with Crippen molar-refractivity contribution in [3.05, 3.63) is 23.8 Å². The molecule has 1 aromatic rings. The van der Waals surface area contributed by atoms with Crippen LogP contribution >= 0.6 is 0 Å². The number of aryl methyl sites for hydroxylation is 1. The lowest BCUT2D eigenvalue weighted by atomic mass is 9.99. The van der Waals surface area contributed by atoms with E-state index in [9.17, 15) is 0 Å². The summed E-state index contributed by atoms with van der Waals surface area (Å²) in [7, 11) is 0. The van der Waals surface area contributed by atoms with E-state index in [0.717, 1.165) is 36.5 Å². The van der Waals surface area contributed by atoms with E-state index in [4.69, 9.17) is 10.5 Å². The first-order valence-electron chi connectivity index (χ1n) is 6.42. The van der Waals surface area contributed by atoms with E-state index in [1.165, 1.54) is 6.42 Å². The summed E-state index contributed by atoms with van der Waals surface area (Å²) in [6, 6.07) is 6.10. The Bertz CT molecular complexity index is 378. The van der Waals surface area contributed by atoms with Crippen molar-refractivity contribution in [1.82, 2.24) is 0 Å². The molecular formula is C14H22N2O. The number of hydrogen-bond acceptors (Lipinski definition) is 3. The largest absolute Gasteiger partial charge is 0.399 e. The van der Waals surface area contributed by atoms with Gasteiger partial charge in [-0.05, 0) is 43.5 Å². The van der Waals surface area contributed by atoms with Crippen LogP contribution in [0, 0.1) is 12.8 Å². The van der Waals surface area contributed by atoms with Crippen LogP contribution in [0.15, 0.2) is 18.2 Å². The summed E-state index contributed by atoms with van der Waals surface area (Å²) in [6.45, 7) is 6.12. The second-order valence-corrected chi connectivity index (χ2v) is 4.82. The summed E-state index contributed by atoms with van der Waals surface area (Å²) in [5, 5.41) is 3.48. The summed E-state index contributed by atoms with van der Waals surface area (Å²) in [5.74, 6) is 0.637. The molecule has 0 amide bonds. The number of hydrogen-bond donors (Lipinski definition) is 2. The van der Waals surface area contributed by atoms with Gasteiger partial charge < -0.3 is 15.8 Å². The fourth-order valence-corrected chi connectivity index (χ4v) is 2.41. The van der Waals surface area contributed by atoms with Crippen LogP contribution in [0.25, 0.3) is 0 Å². The highest BCUT2D eigenvalue weighted by molar-refractivity contribution is 5.56. The van der Waals surface area contributed by atoms with Crippen LogP contribution in [-0.2, 0) is 4.74 Å². The van der Waals surface area contributed by atoms with Gasteiger partial charge in [0, 0.05) is 30.4 Å². The third kappa shape index (κ3) is 2.91. The fraction of sp³-hybridized carbons (Fsp3) is 0.571. The van der Waals surface area contributed by atoms with Crippen LogP contribution in [-0.4, -0.2) is 19.3 Å². The molecule has 2 unspecified atom stereocenters. The summed E-state index contributed by atoms with van der Waals surface area (Å²) < 4.78 is 5.69. The molecule has 1 aromatic carbocycles. The van der Waals surface area contributed by atoms with Gasteiger partial charge in [-0.1, -0.05) is 6.92 Å². The number of benzene rings is 1. The second kappa shape index (κ2) is 5.41. The lowest BCUT2D eigenvalue weighted by molar-refractivity contribution is 0.0900. The van der Waals surface area contributed by atoms with Crippen LogP contribution in [0.5, 0.6) is 0 Å². The number of anilines is 2. The van der Waals surface area contributed by atoms with Gasteiger partial charge in [-0.25, -0.2) is 0 Å². The Morgan fingerprint density at radius 1 is 1.47 bits per heavy atom. The first-order valence-corrected chi connectivity index (χ1v) is 6.42. The molecule has 1 aliphatic rings. The molecule has 0 spiro atoms. The van der Waals surface area contributed by atoms with Crippen LogP contribution in [0.1, 0.15) is 25.3 Å². The zero-order valence-electron chi connectivity index (χ0n) is 10.7. The standard InChI is InChI=1S/C14H22N2O/c1-3-14-11(6-7-17-14)9-16-12-4-5-13(15)10(2)8-12/h4-5,8,11,14,16H,3,6-7,9,15H2,1-2H3. The maximum atomic E-state index is 5.80. The van der Waals surface area contributed by atoms with Gasteiger partial charge in [-0.2, -0.15) is 0 Å². The minimum atomic E-state index is 0.428. The molecule has 3 N–H and O–H groups in total. The van der Waals surface area contributed by atoms with E-state index in [1.54, 1.807) is 0 Å². The van der Waals surface area contributed by atoms with Crippen molar-refractivity contribution in [2.75, 3.05) is 24.2 Å². The lowest BCUT2D eigenvalue weighted by Crippen LogP contribution is -2.22. The van der Waals surface area contributed by atoms with Gasteiger partial charge in [0.15, 0.2) is 0 Å². The predicted molar refractivity (Wildman–Crippen MR) is 72.2 cm³/mol. The maximum Gasteiger partial charge on any atom is 0.0618 e. The topological polar surface area (TPSA) is 47.3 Å². The third-order valence-electron chi connectivity index (χ3n) is 3.59. The quantitative estimate of drug-likeness (QED) is 0.787. The lowest BCUT2D eigenvalue weighted by Gasteiger charge is -2.18. The fourth-order valence-electron chi connectivity index (χ4n) is 2.41. The Balaban J connectivity index is 1.91. The molecule has 1 heterocycles. The van der Waals surface area contributed by atoms with Crippen LogP contribution in [0.3, 0.4) is 0 Å². The molecule has 0 aliphatic carbocycles. The molecule has 3 heteroatoms. The van der Waals surface area contributed by atoms with Crippen molar-refractivity contribution in [2.24, 2.45) is 5.92 Å². The Morgan fingerprint density at radius 2 is 2.29 bits per heavy atom. The normalized spacial score (nSPS) is 23.9. The number of nitrogens with one attached hydrogen (secondary N) is 1. The number of nitrogens with two attached hydrogens (primary N) is 1. The van der Waals surface area contributed by atoms with E-state index in [0.29, 0.717) is 12.0 Å². The van der Waals surface area contributed by atoms with Gasteiger partial charge >= 0.3 is 0 Å². The van der Waals surface area contributed by atoms with E-state index in [-0.39, 0.29) is 0 Å². The van der Waals surface area contributed by atoms with Crippen molar-refractivity contribution >= 4 is 11.4 Å². The summed E-state index contributed by atoms with van der Waals surface area (Å²) in [4.78, 5) is 0. The molecule has 2 atom stereocenters. The molecule has 0 saturated carbocycles. The molecule has 1 aliphatic heterocycles. The van der Waals surface area contributed by atoms with E-state index in [1.807, 2.05) is 19.1 Å². The van der Waals surface area contributed by atoms with Gasteiger partial charge in [0.1, 0.15) is 0 Å². The van der Waals surface area contributed by atoms with Crippen molar-refractivity contribution < 1.29 is 4.74 Å². The first-order chi connectivity index (χ1) is 8.20. The minimum Gasteiger partial charge on any atom is -0.399 e. The Morgan fingerprint density at radius 3 is 3.00 bits per heavy atom. The predicted octanol–water partition coefficient (Wildman–Crippen LogP) is 2.80. The molecule has 1 saturated heterocycles. The van der Waals surface area contributed by atoms with Crippen molar-refractivity contribution in [3.8, 4) is 0 Å². The molecule has 1 fully saturated rings. The van der Waals surface area contributed by atoms with E-state index >= 15 is 0 Å². The maximum absolute atomic E-state index is 5.80. The average Bonchev–Trinajstić information content (AvgIpc) is 2.78. The average molecular weight is 234 g/mol. The highest BCUT2D eigenvalue weighted by Gasteiger charge is 2.26. The smallest absolute Gasteiger partial charge is 0.0618 e. The van der Waals surface area contributed by atoms with Crippen LogP contribution < -0.4 is 11.1 Å². The molecule has 0 radical (unpaired) electrons. The zero-order valence-corrected chi connectivity index (χ0v) is 10.7. The SMILES string of the molecule is CCC1OCCC1CNc1ccc(N)c(C)c1. The molecule has 0 bridgehead atoms. The van der Waals surface area contributed by atoms with Gasteiger partial charge in [0.25, 0.3) is 0 Å². The van der Waals surface area contributed by atoms with Crippen LogP contribution in [0.2, 0.25) is 0 Å².